The van der Waals surface area contributed by atoms with Crippen LogP contribution in [0.1, 0.15) is 58.6 Å². The van der Waals surface area contributed by atoms with Crippen molar-refractivity contribution in [2.24, 2.45) is 11.3 Å². The Hall–Kier alpha value is -3.35. The Balaban J connectivity index is 1.82. The smallest absolute Gasteiger partial charge is 0.230 e. The van der Waals surface area contributed by atoms with Crippen molar-refractivity contribution in [2.75, 3.05) is 24.3 Å². The lowest BCUT2D eigenvalue weighted by Gasteiger charge is -2.28. The summed E-state index contributed by atoms with van der Waals surface area (Å²) < 4.78 is 5.27. The predicted octanol–water partition coefficient (Wildman–Crippen LogP) is 5.01. The molecule has 3 rings (SSSR count). The molecular formula is C27H35N3O4. The van der Waals surface area contributed by atoms with Crippen molar-refractivity contribution in [2.45, 2.75) is 53.0 Å². The monoisotopic (exact) mass is 465 g/mol. The molecule has 2 unspecified atom stereocenters. The summed E-state index contributed by atoms with van der Waals surface area (Å²) in [7, 11) is 1.61. The van der Waals surface area contributed by atoms with Crippen LogP contribution in [-0.2, 0) is 14.4 Å². The topological polar surface area (TPSA) is 87.7 Å². The molecule has 34 heavy (non-hydrogen) atoms. The molecule has 2 aromatic carbocycles. The average molecular weight is 466 g/mol. The largest absolute Gasteiger partial charge is 0.497 e. The van der Waals surface area contributed by atoms with Crippen LogP contribution in [0.3, 0.4) is 0 Å². The van der Waals surface area contributed by atoms with Crippen LogP contribution in [0.2, 0.25) is 0 Å². The number of methoxy groups -OCH3 is 1. The van der Waals surface area contributed by atoms with E-state index in [4.69, 9.17) is 4.74 Å². The maximum atomic E-state index is 13.4. The zero-order valence-corrected chi connectivity index (χ0v) is 20.7. The summed E-state index contributed by atoms with van der Waals surface area (Å²) in [4.78, 5) is 40.4. The highest BCUT2D eigenvalue weighted by Crippen LogP contribution is 2.39. The van der Waals surface area contributed by atoms with Crippen LogP contribution < -0.4 is 15.4 Å². The van der Waals surface area contributed by atoms with E-state index in [0.29, 0.717) is 17.9 Å². The molecule has 0 spiro atoms. The fraction of sp³-hybridized carbons (Fsp3) is 0.444. The average Bonchev–Trinajstić information content (AvgIpc) is 3.13. The third kappa shape index (κ3) is 5.95. The molecule has 1 aliphatic heterocycles. The fourth-order valence-electron chi connectivity index (χ4n) is 4.06. The highest BCUT2D eigenvalue weighted by atomic mass is 16.5. The van der Waals surface area contributed by atoms with Gasteiger partial charge < -0.3 is 20.3 Å². The Labute approximate surface area is 201 Å². The van der Waals surface area contributed by atoms with E-state index in [1.807, 2.05) is 49.9 Å². The quantitative estimate of drug-likeness (QED) is 0.574. The molecule has 2 atom stereocenters. The summed E-state index contributed by atoms with van der Waals surface area (Å²) in [5.41, 5.74) is 1.56. The number of unbranched alkanes of at least 4 members (excludes halogenated alkanes) is 1. The van der Waals surface area contributed by atoms with Gasteiger partial charge in [-0.25, -0.2) is 0 Å². The second kappa shape index (κ2) is 10.7. The molecule has 0 aliphatic carbocycles. The van der Waals surface area contributed by atoms with E-state index in [1.54, 1.807) is 31.4 Å². The van der Waals surface area contributed by atoms with Crippen molar-refractivity contribution in [3.63, 3.8) is 0 Å². The minimum atomic E-state index is -0.531. The van der Waals surface area contributed by atoms with E-state index in [2.05, 4.69) is 17.6 Å². The lowest BCUT2D eigenvalue weighted by atomic mass is 9.92. The molecule has 1 aliphatic rings. The van der Waals surface area contributed by atoms with E-state index in [-0.39, 0.29) is 30.2 Å². The van der Waals surface area contributed by atoms with Crippen LogP contribution in [0.5, 0.6) is 5.75 Å². The lowest BCUT2D eigenvalue weighted by molar-refractivity contribution is -0.129. The second-order valence-electron chi connectivity index (χ2n) is 9.74. The predicted molar refractivity (Wildman–Crippen MR) is 134 cm³/mol. The number of anilines is 2. The van der Waals surface area contributed by atoms with E-state index in [1.165, 1.54) is 0 Å². The van der Waals surface area contributed by atoms with Gasteiger partial charge in [0.25, 0.3) is 0 Å². The molecule has 7 nitrogen and oxygen atoms in total. The van der Waals surface area contributed by atoms with Gasteiger partial charge in [-0.2, -0.15) is 0 Å². The van der Waals surface area contributed by atoms with Crippen LogP contribution in [-0.4, -0.2) is 36.3 Å². The van der Waals surface area contributed by atoms with Crippen LogP contribution in [0.25, 0.3) is 0 Å². The van der Waals surface area contributed by atoms with Crippen LogP contribution in [0.4, 0.5) is 11.4 Å². The Bertz CT molecular complexity index is 1030. The molecule has 0 aromatic heterocycles. The number of carbonyl (C=O) groups excluding carboxylic acids is 3. The standard InChI is InChI=1S/C27H35N3O4/c1-6-7-15-30-23(31)17-22(24(30)18-11-13-21(34-5)14-12-18)25(32)28-19-9-8-10-20(16-19)29-26(33)27(2,3)4/h8-14,16,22,24H,6-7,15,17H2,1-5H3,(H,28,32)(H,29,33). The molecular weight excluding hydrogens is 430 g/mol. The van der Waals surface area contributed by atoms with Crippen LogP contribution in [0, 0.1) is 11.3 Å². The number of rotatable bonds is 8. The molecule has 182 valence electrons. The first-order valence-corrected chi connectivity index (χ1v) is 11.8. The van der Waals surface area contributed by atoms with Gasteiger partial charge in [-0.15, -0.1) is 0 Å². The van der Waals surface area contributed by atoms with Crippen molar-refractivity contribution in [1.82, 2.24) is 4.90 Å². The summed E-state index contributed by atoms with van der Waals surface area (Å²) in [6, 6.07) is 14.3. The maximum absolute atomic E-state index is 13.4. The normalized spacial score (nSPS) is 18.0. The van der Waals surface area contributed by atoms with E-state index in [9.17, 15) is 14.4 Å². The number of likely N-dealkylation sites (tertiary alicyclic amines) is 1. The van der Waals surface area contributed by atoms with Gasteiger partial charge in [0.15, 0.2) is 0 Å². The van der Waals surface area contributed by atoms with E-state index < -0.39 is 11.3 Å². The zero-order valence-electron chi connectivity index (χ0n) is 20.7. The van der Waals surface area contributed by atoms with Crippen LogP contribution in [0.15, 0.2) is 48.5 Å². The summed E-state index contributed by atoms with van der Waals surface area (Å²) in [5.74, 6) is -0.134. The number of benzene rings is 2. The summed E-state index contributed by atoms with van der Waals surface area (Å²) in [5, 5.41) is 5.85. The van der Waals surface area contributed by atoms with Gasteiger partial charge in [0.2, 0.25) is 17.7 Å². The van der Waals surface area contributed by atoms with Gasteiger partial charge in [0.1, 0.15) is 5.75 Å². The first-order valence-electron chi connectivity index (χ1n) is 11.8. The van der Waals surface area contributed by atoms with Gasteiger partial charge in [-0.05, 0) is 42.3 Å². The van der Waals surface area contributed by atoms with Gasteiger partial charge in [0, 0.05) is 29.8 Å². The number of hydrogen-bond donors (Lipinski definition) is 2. The highest BCUT2D eigenvalue weighted by molar-refractivity contribution is 5.99. The van der Waals surface area contributed by atoms with Gasteiger partial charge in [-0.3, -0.25) is 14.4 Å². The zero-order chi connectivity index (χ0) is 24.9. The summed E-state index contributed by atoms with van der Waals surface area (Å²) >= 11 is 0. The third-order valence-electron chi connectivity index (χ3n) is 6.05. The first-order chi connectivity index (χ1) is 16.1. The molecule has 3 amide bonds. The van der Waals surface area contributed by atoms with Crippen LogP contribution >= 0.6 is 0 Å². The number of amides is 3. The Kier molecular flexibility index (Phi) is 7.97. The molecule has 1 heterocycles. The molecule has 7 heteroatoms. The summed E-state index contributed by atoms with van der Waals surface area (Å²) in [6.07, 6.45) is 2.00. The molecule has 0 saturated carbocycles. The lowest BCUT2D eigenvalue weighted by Crippen LogP contribution is -2.33. The molecule has 2 N–H and O–H groups in total. The van der Waals surface area contributed by atoms with E-state index in [0.717, 1.165) is 24.2 Å². The van der Waals surface area contributed by atoms with Gasteiger partial charge >= 0.3 is 0 Å². The minimum absolute atomic E-state index is 0.0133. The second-order valence-corrected chi connectivity index (χ2v) is 9.74. The van der Waals surface area contributed by atoms with Crippen molar-refractivity contribution >= 4 is 29.1 Å². The molecule has 0 bridgehead atoms. The molecule has 1 fully saturated rings. The Morgan fingerprint density at radius 3 is 2.29 bits per heavy atom. The van der Waals surface area contributed by atoms with Gasteiger partial charge in [-0.1, -0.05) is 52.3 Å². The number of carbonyl (C=O) groups is 3. The molecule has 0 radical (unpaired) electrons. The third-order valence-corrected chi connectivity index (χ3v) is 6.05. The minimum Gasteiger partial charge on any atom is -0.497 e. The number of nitrogens with one attached hydrogen (secondary N) is 2. The van der Waals surface area contributed by atoms with Crippen molar-refractivity contribution in [3.05, 3.63) is 54.1 Å². The highest BCUT2D eigenvalue weighted by Gasteiger charge is 2.44. The number of hydrogen-bond acceptors (Lipinski definition) is 4. The SMILES string of the molecule is CCCCN1C(=O)CC(C(=O)Nc2cccc(NC(=O)C(C)(C)C)c2)C1c1ccc(OC)cc1. The van der Waals surface area contributed by atoms with Crippen molar-refractivity contribution in [3.8, 4) is 5.75 Å². The fourth-order valence-corrected chi connectivity index (χ4v) is 4.06. The maximum Gasteiger partial charge on any atom is 0.230 e. The number of nitrogens with zero attached hydrogens (tertiary/aromatic N) is 1. The van der Waals surface area contributed by atoms with Crippen molar-refractivity contribution in [1.29, 1.82) is 0 Å². The van der Waals surface area contributed by atoms with Crippen molar-refractivity contribution < 1.29 is 19.1 Å². The Morgan fingerprint density at radius 2 is 1.71 bits per heavy atom. The van der Waals surface area contributed by atoms with E-state index >= 15 is 0 Å². The first kappa shape index (κ1) is 25.3. The van der Waals surface area contributed by atoms with Gasteiger partial charge in [0.05, 0.1) is 19.1 Å². The number of ether oxygens (including phenoxy) is 1. The molecule has 2 aromatic rings. The summed E-state index contributed by atoms with van der Waals surface area (Å²) in [6.45, 7) is 8.22. The molecule has 1 saturated heterocycles. The Morgan fingerprint density at radius 1 is 1.06 bits per heavy atom.